The largest absolute Gasteiger partial charge is 0.267 e. The van der Waals surface area contributed by atoms with E-state index in [1.807, 2.05) is 0 Å². The first kappa shape index (κ1) is 11.5. The number of rotatable bonds is 3. The summed E-state index contributed by atoms with van der Waals surface area (Å²) in [6, 6.07) is 1.28. The number of nitrogens with one attached hydrogen (secondary N) is 1. The van der Waals surface area contributed by atoms with Crippen molar-refractivity contribution < 1.29 is 8.42 Å². The molecule has 0 fully saturated rings. The minimum atomic E-state index is -3.36. The lowest BCUT2D eigenvalue weighted by atomic mass is 10.6. The molecule has 0 atom stereocenters. The first-order chi connectivity index (χ1) is 6.43. The van der Waals surface area contributed by atoms with Gasteiger partial charge in [0.05, 0.1) is 5.75 Å². The van der Waals surface area contributed by atoms with Gasteiger partial charge in [-0.1, -0.05) is 11.6 Å². The molecule has 0 bridgehead atoms. The fourth-order valence-corrected chi connectivity index (χ4v) is 1.65. The molecule has 1 heterocycles. The van der Waals surface area contributed by atoms with E-state index in [1.165, 1.54) is 13.0 Å². The molecule has 0 aliphatic heterocycles. The normalized spacial score (nSPS) is 11.4. The van der Waals surface area contributed by atoms with Crippen LogP contribution in [0.15, 0.2) is 6.07 Å². The van der Waals surface area contributed by atoms with Gasteiger partial charge < -0.3 is 0 Å². The summed E-state index contributed by atoms with van der Waals surface area (Å²) in [6.45, 7) is 1.51. The molecule has 0 radical (unpaired) electrons. The number of aromatic nitrogens is 2. The van der Waals surface area contributed by atoms with Crippen molar-refractivity contribution in [3.63, 3.8) is 0 Å². The summed E-state index contributed by atoms with van der Waals surface area (Å²) in [5.74, 6) is 0.0172. The number of anilines is 1. The van der Waals surface area contributed by atoms with Crippen molar-refractivity contribution in [2.45, 2.75) is 6.92 Å². The van der Waals surface area contributed by atoms with E-state index in [0.29, 0.717) is 0 Å². The molecular weight excluding hydrogens is 249 g/mol. The van der Waals surface area contributed by atoms with Gasteiger partial charge in [0.2, 0.25) is 15.3 Å². The summed E-state index contributed by atoms with van der Waals surface area (Å²) in [5.41, 5.74) is 0. The molecule has 1 aromatic heterocycles. The van der Waals surface area contributed by atoms with Crippen LogP contribution in [0.2, 0.25) is 10.4 Å². The molecule has 0 aliphatic carbocycles. The highest BCUT2D eigenvalue weighted by Crippen LogP contribution is 2.15. The molecule has 1 rings (SSSR count). The van der Waals surface area contributed by atoms with Crippen LogP contribution in [-0.2, 0) is 10.0 Å². The predicted octanol–water partition coefficient (Wildman–Crippen LogP) is 1.54. The first-order valence-electron chi connectivity index (χ1n) is 3.63. The van der Waals surface area contributed by atoms with Crippen molar-refractivity contribution in [3.05, 3.63) is 16.5 Å². The second-order valence-corrected chi connectivity index (χ2v) is 5.09. The summed E-state index contributed by atoms with van der Waals surface area (Å²) in [7, 11) is -3.36. The van der Waals surface area contributed by atoms with Gasteiger partial charge in [0.25, 0.3) is 0 Å². The Hall–Kier alpha value is -0.590. The van der Waals surface area contributed by atoms with Gasteiger partial charge in [0.1, 0.15) is 11.0 Å². The number of sulfonamides is 1. The minimum Gasteiger partial charge on any atom is -0.267 e. The fraction of sp³-hybridized carbons (Fsp3) is 0.333. The third kappa shape index (κ3) is 3.28. The van der Waals surface area contributed by atoms with Gasteiger partial charge in [-0.05, 0) is 18.5 Å². The van der Waals surface area contributed by atoms with E-state index in [1.54, 1.807) is 0 Å². The first-order valence-corrected chi connectivity index (χ1v) is 6.04. The van der Waals surface area contributed by atoms with E-state index < -0.39 is 10.0 Å². The molecule has 0 unspecified atom stereocenters. The van der Waals surface area contributed by atoms with Crippen molar-refractivity contribution in [1.82, 2.24) is 9.97 Å². The molecule has 0 saturated heterocycles. The van der Waals surface area contributed by atoms with Gasteiger partial charge in [0, 0.05) is 6.07 Å². The fourth-order valence-electron chi connectivity index (χ4n) is 0.674. The highest BCUT2D eigenvalue weighted by atomic mass is 35.5. The van der Waals surface area contributed by atoms with Gasteiger partial charge in [-0.25, -0.2) is 13.4 Å². The molecule has 0 saturated carbocycles. The van der Waals surface area contributed by atoms with Crippen LogP contribution >= 0.6 is 23.2 Å². The van der Waals surface area contributed by atoms with E-state index in [0.717, 1.165) is 0 Å². The number of halogens is 2. The van der Waals surface area contributed by atoms with Gasteiger partial charge in [-0.2, -0.15) is 4.98 Å². The summed E-state index contributed by atoms with van der Waals surface area (Å²) < 4.78 is 24.5. The zero-order valence-corrected chi connectivity index (χ0v) is 9.49. The average Bonchev–Trinajstić information content (AvgIpc) is 2.01. The van der Waals surface area contributed by atoms with E-state index >= 15 is 0 Å². The lowest BCUT2D eigenvalue weighted by Gasteiger charge is -2.04. The van der Waals surface area contributed by atoms with Crippen LogP contribution in [0.25, 0.3) is 0 Å². The van der Waals surface area contributed by atoms with Crippen LogP contribution in [0.4, 0.5) is 5.82 Å². The van der Waals surface area contributed by atoms with Crippen LogP contribution in [0.1, 0.15) is 6.92 Å². The second kappa shape index (κ2) is 4.29. The Bertz CT molecular complexity index is 414. The number of nitrogens with zero attached hydrogens (tertiary/aromatic N) is 2. The SMILES string of the molecule is CCS(=O)(=O)Nc1cc(Cl)nc(Cl)n1. The zero-order valence-electron chi connectivity index (χ0n) is 7.16. The Kier molecular flexibility index (Phi) is 3.52. The standard InChI is InChI=1S/C6H7Cl2N3O2S/c1-2-14(12,13)11-5-3-4(7)9-6(8)10-5/h3H,2H2,1H3,(H,9,10,11). The van der Waals surface area contributed by atoms with Gasteiger partial charge >= 0.3 is 0 Å². The van der Waals surface area contributed by atoms with Crippen LogP contribution in [0.5, 0.6) is 0 Å². The summed E-state index contributed by atoms with van der Waals surface area (Å²) in [5, 5.41) is -0.0230. The summed E-state index contributed by atoms with van der Waals surface area (Å²) in [6.07, 6.45) is 0. The highest BCUT2D eigenvalue weighted by molar-refractivity contribution is 7.92. The molecule has 0 spiro atoms. The third-order valence-electron chi connectivity index (χ3n) is 1.31. The Balaban J connectivity index is 2.98. The number of hydrogen-bond acceptors (Lipinski definition) is 4. The van der Waals surface area contributed by atoms with Crippen molar-refractivity contribution in [2.75, 3.05) is 10.5 Å². The van der Waals surface area contributed by atoms with Crippen molar-refractivity contribution in [2.24, 2.45) is 0 Å². The molecule has 0 aliphatic rings. The summed E-state index contributed by atoms with van der Waals surface area (Å²) >= 11 is 11.0. The van der Waals surface area contributed by atoms with Gasteiger partial charge in [-0.3, -0.25) is 4.72 Å². The molecular formula is C6H7Cl2N3O2S. The molecule has 78 valence electrons. The Morgan fingerprint density at radius 2 is 2.07 bits per heavy atom. The lowest BCUT2D eigenvalue weighted by molar-refractivity contribution is 0.602. The van der Waals surface area contributed by atoms with E-state index in [9.17, 15) is 8.42 Å². The van der Waals surface area contributed by atoms with E-state index in [-0.39, 0.29) is 22.0 Å². The lowest BCUT2D eigenvalue weighted by Crippen LogP contribution is -2.15. The molecule has 5 nitrogen and oxygen atoms in total. The molecule has 8 heteroatoms. The third-order valence-corrected chi connectivity index (χ3v) is 2.95. The topological polar surface area (TPSA) is 72.0 Å². The monoisotopic (exact) mass is 255 g/mol. The second-order valence-electron chi connectivity index (χ2n) is 2.35. The Morgan fingerprint density at radius 3 is 2.57 bits per heavy atom. The van der Waals surface area contributed by atoms with Crippen molar-refractivity contribution in [1.29, 1.82) is 0 Å². The molecule has 0 aromatic carbocycles. The quantitative estimate of drug-likeness (QED) is 0.657. The smallest absolute Gasteiger partial charge is 0.233 e. The Labute approximate surface area is 91.5 Å². The molecule has 1 N–H and O–H groups in total. The van der Waals surface area contributed by atoms with Crippen molar-refractivity contribution >= 4 is 39.0 Å². The minimum absolute atomic E-state index is 0.0494. The van der Waals surface area contributed by atoms with Crippen LogP contribution < -0.4 is 4.72 Å². The highest BCUT2D eigenvalue weighted by Gasteiger charge is 2.09. The molecule has 1 aromatic rings. The van der Waals surface area contributed by atoms with E-state index in [4.69, 9.17) is 23.2 Å². The maximum Gasteiger partial charge on any atom is 0.233 e. The summed E-state index contributed by atoms with van der Waals surface area (Å²) in [4.78, 5) is 7.22. The van der Waals surface area contributed by atoms with Gasteiger partial charge in [0.15, 0.2) is 0 Å². The van der Waals surface area contributed by atoms with Crippen LogP contribution in [0, 0.1) is 0 Å². The zero-order chi connectivity index (χ0) is 10.8. The van der Waals surface area contributed by atoms with E-state index in [2.05, 4.69) is 14.7 Å². The maximum atomic E-state index is 11.1. The molecule has 14 heavy (non-hydrogen) atoms. The Morgan fingerprint density at radius 1 is 1.43 bits per heavy atom. The average molecular weight is 256 g/mol. The van der Waals surface area contributed by atoms with Crippen LogP contribution in [-0.4, -0.2) is 24.1 Å². The van der Waals surface area contributed by atoms with Crippen molar-refractivity contribution in [3.8, 4) is 0 Å². The number of hydrogen-bond donors (Lipinski definition) is 1. The van der Waals surface area contributed by atoms with Gasteiger partial charge in [-0.15, -0.1) is 0 Å². The van der Waals surface area contributed by atoms with Crippen LogP contribution in [0.3, 0.4) is 0 Å². The molecule has 0 amide bonds. The predicted molar refractivity (Wildman–Crippen MR) is 55.1 cm³/mol. The maximum absolute atomic E-state index is 11.1.